The molecule has 7 heteroatoms. The Bertz CT molecular complexity index is 536. The van der Waals surface area contributed by atoms with E-state index in [1.807, 2.05) is 0 Å². The lowest BCUT2D eigenvalue weighted by Gasteiger charge is -2.09. The maximum atomic E-state index is 11.4. The molecule has 0 aliphatic carbocycles. The molecule has 0 aliphatic rings. The molecule has 1 aromatic rings. The van der Waals surface area contributed by atoms with Gasteiger partial charge in [-0.05, 0) is 19.1 Å². The number of carbonyl (C=O) groups excluding carboxylic acids is 1. The zero-order chi connectivity index (χ0) is 12.5. The van der Waals surface area contributed by atoms with Gasteiger partial charge < -0.3 is 9.67 Å². The van der Waals surface area contributed by atoms with Gasteiger partial charge in [0.15, 0.2) is 4.77 Å². The van der Waals surface area contributed by atoms with E-state index in [9.17, 15) is 14.4 Å². The monoisotopic (exact) mass is 242 g/mol. The Hall–Kier alpha value is -1.76. The maximum absolute atomic E-state index is 11.4. The minimum atomic E-state index is -1.52. The third kappa shape index (κ3) is 2.25. The van der Waals surface area contributed by atoms with Gasteiger partial charge in [-0.3, -0.25) is 14.6 Å². The molecule has 1 rings (SSSR count). The van der Waals surface area contributed by atoms with E-state index >= 15 is 0 Å². The normalized spacial score (nSPS) is 10.1. The Morgan fingerprint density at radius 2 is 2.06 bits per heavy atom. The summed E-state index contributed by atoms with van der Waals surface area (Å²) >= 11 is 4.86. The second-order valence-electron chi connectivity index (χ2n) is 3.30. The molecule has 0 radical (unpaired) electrons. The quantitative estimate of drug-likeness (QED) is 0.572. The van der Waals surface area contributed by atoms with Gasteiger partial charge in [-0.1, -0.05) is 0 Å². The third-order valence-corrected chi connectivity index (χ3v) is 2.65. The lowest BCUT2D eigenvalue weighted by atomic mass is 10.1. The minimum absolute atomic E-state index is 0.156. The molecule has 0 atom stereocenters. The van der Waals surface area contributed by atoms with Crippen LogP contribution in [0.5, 0.6) is 0 Å². The van der Waals surface area contributed by atoms with Gasteiger partial charge in [0.05, 0.1) is 6.42 Å². The lowest BCUT2D eigenvalue weighted by molar-refractivity contribution is -0.148. The minimum Gasteiger partial charge on any atom is -0.475 e. The first-order chi connectivity index (χ1) is 7.34. The predicted molar refractivity (Wildman–Crippen MR) is 58.0 cm³/mol. The third-order valence-electron chi connectivity index (χ3n) is 2.27. The molecule has 0 aliphatic heterocycles. The summed E-state index contributed by atoms with van der Waals surface area (Å²) in [4.78, 5) is 35.3. The Kier molecular flexibility index (Phi) is 3.38. The summed E-state index contributed by atoms with van der Waals surface area (Å²) in [6.07, 6.45) is -0.342. The molecule has 6 nitrogen and oxygen atoms in total. The number of nitrogens with one attached hydrogen (secondary N) is 1. The van der Waals surface area contributed by atoms with E-state index in [1.165, 1.54) is 11.5 Å². The Morgan fingerprint density at radius 1 is 1.50 bits per heavy atom. The summed E-state index contributed by atoms with van der Waals surface area (Å²) in [5.41, 5.74) is 0.211. The molecule has 0 unspecified atom stereocenters. The van der Waals surface area contributed by atoms with Gasteiger partial charge in [0.1, 0.15) is 0 Å². The van der Waals surface area contributed by atoms with Crippen LogP contribution in [0.3, 0.4) is 0 Å². The van der Waals surface area contributed by atoms with Gasteiger partial charge in [0.2, 0.25) is 5.78 Å². The first kappa shape index (κ1) is 12.3. The second-order valence-corrected chi connectivity index (χ2v) is 3.68. The van der Waals surface area contributed by atoms with Crippen molar-refractivity contribution in [3.63, 3.8) is 0 Å². The van der Waals surface area contributed by atoms with Crippen molar-refractivity contribution in [1.29, 1.82) is 0 Å². The van der Waals surface area contributed by atoms with Crippen molar-refractivity contribution >= 4 is 24.0 Å². The van der Waals surface area contributed by atoms with Crippen molar-refractivity contribution in [2.24, 2.45) is 7.05 Å². The van der Waals surface area contributed by atoms with Crippen molar-refractivity contribution in [3.05, 3.63) is 26.4 Å². The molecule has 0 spiro atoms. The van der Waals surface area contributed by atoms with Crippen molar-refractivity contribution in [2.45, 2.75) is 13.3 Å². The standard InChI is InChI=1S/C9H10N2O4S/c1-4-5(3-6(12)8(14)15)11(2)9(16)10-7(4)13/h3H2,1-2H3,(H,14,15)(H,10,13,16). The zero-order valence-corrected chi connectivity index (χ0v) is 9.55. The number of carboxylic acids is 1. The number of ketones is 1. The molecule has 0 amide bonds. The van der Waals surface area contributed by atoms with Gasteiger partial charge in [-0.25, -0.2) is 4.79 Å². The van der Waals surface area contributed by atoms with E-state index < -0.39 is 17.3 Å². The first-order valence-corrected chi connectivity index (χ1v) is 4.80. The second kappa shape index (κ2) is 4.40. The molecular formula is C9H10N2O4S. The Labute approximate surface area is 95.5 Å². The van der Waals surface area contributed by atoms with E-state index in [0.29, 0.717) is 11.3 Å². The van der Waals surface area contributed by atoms with E-state index in [2.05, 4.69) is 4.98 Å². The number of aromatic amines is 1. The fourth-order valence-electron chi connectivity index (χ4n) is 1.26. The first-order valence-electron chi connectivity index (χ1n) is 4.39. The largest absolute Gasteiger partial charge is 0.475 e. The number of H-pyrrole nitrogens is 1. The number of aromatic nitrogens is 2. The smallest absolute Gasteiger partial charge is 0.372 e. The highest BCUT2D eigenvalue weighted by Crippen LogP contribution is 2.03. The predicted octanol–water partition coefficient (Wildman–Crippen LogP) is -0.0525. The number of carbonyl (C=O) groups is 2. The van der Waals surface area contributed by atoms with E-state index in [0.717, 1.165) is 0 Å². The van der Waals surface area contributed by atoms with Crippen LogP contribution in [-0.2, 0) is 23.1 Å². The number of Topliss-reactive ketones (excluding diaryl/α,β-unsaturated/α-hetero) is 1. The highest BCUT2D eigenvalue weighted by Gasteiger charge is 2.16. The van der Waals surface area contributed by atoms with Crippen LogP contribution in [-0.4, -0.2) is 26.4 Å². The van der Waals surface area contributed by atoms with Crippen LogP contribution in [0, 0.1) is 11.7 Å². The number of carboxylic acid groups (broad SMARTS) is 1. The summed E-state index contributed by atoms with van der Waals surface area (Å²) in [6.45, 7) is 1.51. The average Bonchev–Trinajstić information content (AvgIpc) is 2.21. The Morgan fingerprint density at radius 3 is 2.56 bits per heavy atom. The number of rotatable bonds is 3. The van der Waals surface area contributed by atoms with Crippen LogP contribution in [0.15, 0.2) is 4.79 Å². The van der Waals surface area contributed by atoms with Gasteiger partial charge >= 0.3 is 5.97 Å². The molecule has 1 heterocycles. The fourth-order valence-corrected chi connectivity index (χ4v) is 1.46. The molecule has 2 N–H and O–H groups in total. The molecule has 16 heavy (non-hydrogen) atoms. The van der Waals surface area contributed by atoms with Crippen molar-refractivity contribution in [2.75, 3.05) is 0 Å². The van der Waals surface area contributed by atoms with Crippen LogP contribution < -0.4 is 5.56 Å². The fraction of sp³-hybridized carbons (Fsp3) is 0.333. The van der Waals surface area contributed by atoms with E-state index in [-0.39, 0.29) is 11.2 Å². The van der Waals surface area contributed by atoms with Crippen LogP contribution in [0.2, 0.25) is 0 Å². The average molecular weight is 242 g/mol. The van der Waals surface area contributed by atoms with Gasteiger partial charge in [0, 0.05) is 18.3 Å². The summed E-state index contributed by atoms with van der Waals surface area (Å²) in [5.74, 6) is -2.50. The summed E-state index contributed by atoms with van der Waals surface area (Å²) in [6, 6.07) is 0. The van der Waals surface area contributed by atoms with Crippen molar-refractivity contribution in [3.8, 4) is 0 Å². The van der Waals surface area contributed by atoms with Gasteiger partial charge in [-0.2, -0.15) is 0 Å². The van der Waals surface area contributed by atoms with Crippen LogP contribution >= 0.6 is 12.2 Å². The highest BCUT2D eigenvalue weighted by molar-refractivity contribution is 7.71. The SMILES string of the molecule is Cc1c(CC(=O)C(=O)O)n(C)c(=S)[nH]c1=O. The van der Waals surface area contributed by atoms with Crippen LogP contribution in [0.4, 0.5) is 0 Å². The number of nitrogens with zero attached hydrogens (tertiary/aromatic N) is 1. The number of aliphatic carboxylic acids is 1. The lowest BCUT2D eigenvalue weighted by Crippen LogP contribution is -2.24. The zero-order valence-electron chi connectivity index (χ0n) is 8.73. The molecule has 0 bridgehead atoms. The summed E-state index contributed by atoms with van der Waals surface area (Å²) in [7, 11) is 1.57. The number of hydrogen-bond donors (Lipinski definition) is 2. The van der Waals surface area contributed by atoms with E-state index in [1.54, 1.807) is 7.05 Å². The Balaban J connectivity index is 3.34. The molecule has 0 saturated heterocycles. The van der Waals surface area contributed by atoms with Gasteiger partial charge in [0.25, 0.3) is 5.56 Å². The molecule has 1 aromatic heterocycles. The highest BCUT2D eigenvalue weighted by atomic mass is 32.1. The molecule has 0 aromatic carbocycles. The molecular weight excluding hydrogens is 232 g/mol. The molecule has 0 saturated carbocycles. The van der Waals surface area contributed by atoms with E-state index in [4.69, 9.17) is 17.3 Å². The topological polar surface area (TPSA) is 92.2 Å². The number of hydrogen-bond acceptors (Lipinski definition) is 4. The maximum Gasteiger partial charge on any atom is 0.372 e. The van der Waals surface area contributed by atoms with Crippen LogP contribution in [0.1, 0.15) is 11.3 Å². The molecule has 0 fully saturated rings. The van der Waals surface area contributed by atoms with Crippen molar-refractivity contribution < 1.29 is 14.7 Å². The van der Waals surface area contributed by atoms with Crippen molar-refractivity contribution in [1.82, 2.24) is 9.55 Å². The van der Waals surface area contributed by atoms with Crippen LogP contribution in [0.25, 0.3) is 0 Å². The molecule has 86 valence electrons. The van der Waals surface area contributed by atoms with Gasteiger partial charge in [-0.15, -0.1) is 0 Å². The summed E-state index contributed by atoms with van der Waals surface area (Å²) in [5, 5.41) is 8.49. The summed E-state index contributed by atoms with van der Waals surface area (Å²) < 4.78 is 1.58.